The maximum absolute atomic E-state index is 11.3. The van der Waals surface area contributed by atoms with Gasteiger partial charge in [0.2, 0.25) is 0 Å². The summed E-state index contributed by atoms with van der Waals surface area (Å²) < 4.78 is 5.72. The summed E-state index contributed by atoms with van der Waals surface area (Å²) in [7, 11) is 0. The third-order valence-electron chi connectivity index (χ3n) is 3.96. The van der Waals surface area contributed by atoms with Crippen molar-refractivity contribution in [2.45, 2.75) is 44.9 Å². The van der Waals surface area contributed by atoms with E-state index < -0.39 is 0 Å². The van der Waals surface area contributed by atoms with E-state index in [-0.39, 0.29) is 23.4 Å². The second kappa shape index (κ2) is 10.1. The molecule has 0 N–H and O–H groups in total. The topological polar surface area (TPSA) is 46.6 Å². The first kappa shape index (κ1) is 21.0. The number of aryl methyl sites for hydroxylation is 1. The Morgan fingerprint density at radius 2 is 1.88 bits per heavy atom. The molecule has 0 saturated carbocycles. The predicted molar refractivity (Wildman–Crippen MR) is 114 cm³/mol. The van der Waals surface area contributed by atoms with Gasteiger partial charge >= 0.3 is 0 Å². The average Bonchev–Trinajstić information content (AvgIpc) is 3.01. The van der Waals surface area contributed by atoms with Crippen molar-refractivity contribution in [1.29, 1.82) is 0 Å². The van der Waals surface area contributed by atoms with Gasteiger partial charge in [-0.2, -0.15) is 0 Å². The molecule has 1 aromatic carbocycles. The molecule has 140 valence electrons. The Morgan fingerprint density at radius 3 is 2.58 bits per heavy atom. The van der Waals surface area contributed by atoms with Gasteiger partial charge < -0.3 is 9.64 Å². The number of hydrogen-bond donors (Lipinski definition) is 0. The van der Waals surface area contributed by atoms with Gasteiger partial charge in [-0.25, -0.2) is 0 Å². The highest BCUT2D eigenvalue weighted by Crippen LogP contribution is 2.30. The van der Waals surface area contributed by atoms with Crippen molar-refractivity contribution in [3.05, 3.63) is 29.8 Å². The second-order valence-corrected chi connectivity index (χ2v) is 8.50. The van der Waals surface area contributed by atoms with Crippen LogP contribution in [0.1, 0.15) is 38.7 Å². The van der Waals surface area contributed by atoms with Crippen molar-refractivity contribution in [3.63, 3.8) is 0 Å². The molecular weight excluding hydrogens is 386 g/mol. The van der Waals surface area contributed by atoms with Crippen LogP contribution in [-0.2, 0) is 16.0 Å². The standard InChI is InChI=1S/C19H23NO3S3/c1-13(21)11-17(24)20-9-10-26-18(20)8-7-15-5-3-4-6-16(15)23-19(25)12-14(2)22/h3-6,18H,7-12H2,1-2H3. The van der Waals surface area contributed by atoms with E-state index in [0.717, 1.165) is 35.7 Å². The van der Waals surface area contributed by atoms with E-state index in [2.05, 4.69) is 4.90 Å². The summed E-state index contributed by atoms with van der Waals surface area (Å²) in [6.07, 6.45) is 2.21. The Labute approximate surface area is 169 Å². The third-order valence-corrected chi connectivity index (χ3v) is 5.86. The number of ketones is 2. The lowest BCUT2D eigenvalue weighted by atomic mass is 10.1. The monoisotopic (exact) mass is 409 g/mol. The molecule has 1 aliphatic rings. The first-order valence-electron chi connectivity index (χ1n) is 8.55. The SMILES string of the molecule is CC(=O)CC(=S)Oc1ccccc1CCC1SCCN1C(=S)CC(C)=O. The van der Waals surface area contributed by atoms with E-state index in [1.165, 1.54) is 6.92 Å². The molecule has 1 heterocycles. The van der Waals surface area contributed by atoms with Crippen molar-refractivity contribution in [2.75, 3.05) is 12.3 Å². The van der Waals surface area contributed by atoms with Crippen LogP contribution in [0.5, 0.6) is 5.75 Å². The summed E-state index contributed by atoms with van der Waals surface area (Å²) in [5, 5.41) is 0.573. The smallest absolute Gasteiger partial charge is 0.174 e. The molecule has 0 amide bonds. The van der Waals surface area contributed by atoms with Gasteiger partial charge in [0.25, 0.3) is 0 Å². The number of Topliss-reactive ketones (excluding diaryl/α,β-unsaturated/α-hetero) is 2. The van der Waals surface area contributed by atoms with E-state index in [9.17, 15) is 9.59 Å². The number of benzene rings is 1. The Morgan fingerprint density at radius 1 is 1.19 bits per heavy atom. The summed E-state index contributed by atoms with van der Waals surface area (Å²) in [4.78, 5) is 25.4. The van der Waals surface area contributed by atoms with Crippen LogP contribution < -0.4 is 4.74 Å². The van der Waals surface area contributed by atoms with Gasteiger partial charge in [-0.05, 0) is 50.5 Å². The Bertz CT molecular complexity index is 705. The number of thiocarbonyl (C=S) groups is 2. The van der Waals surface area contributed by atoms with Crippen LogP contribution in [0.4, 0.5) is 0 Å². The largest absolute Gasteiger partial charge is 0.450 e. The average molecular weight is 410 g/mol. The minimum absolute atomic E-state index is 0.00976. The lowest BCUT2D eigenvalue weighted by Gasteiger charge is -2.26. The van der Waals surface area contributed by atoms with Crippen LogP contribution in [0.3, 0.4) is 0 Å². The number of thioether (sulfide) groups is 1. The van der Waals surface area contributed by atoms with E-state index in [1.54, 1.807) is 6.92 Å². The maximum Gasteiger partial charge on any atom is 0.174 e. The molecule has 1 saturated heterocycles. The van der Waals surface area contributed by atoms with Crippen LogP contribution >= 0.6 is 36.2 Å². The highest BCUT2D eigenvalue weighted by molar-refractivity contribution is 8.00. The second-order valence-electron chi connectivity index (χ2n) is 6.29. The summed E-state index contributed by atoms with van der Waals surface area (Å²) in [6.45, 7) is 3.96. The van der Waals surface area contributed by atoms with Crippen molar-refractivity contribution in [3.8, 4) is 5.75 Å². The zero-order valence-electron chi connectivity index (χ0n) is 15.0. The minimum Gasteiger partial charge on any atom is -0.450 e. The van der Waals surface area contributed by atoms with Gasteiger partial charge in [-0.3, -0.25) is 9.59 Å². The first-order chi connectivity index (χ1) is 12.4. The van der Waals surface area contributed by atoms with Crippen molar-refractivity contribution >= 4 is 57.8 Å². The molecule has 1 aromatic rings. The molecule has 26 heavy (non-hydrogen) atoms. The molecule has 1 fully saturated rings. The van der Waals surface area contributed by atoms with Gasteiger partial charge in [-0.1, -0.05) is 30.4 Å². The number of ether oxygens (including phenoxy) is 1. The predicted octanol–water partition coefficient (Wildman–Crippen LogP) is 3.99. The molecule has 0 spiro atoms. The van der Waals surface area contributed by atoms with Crippen molar-refractivity contribution < 1.29 is 14.3 Å². The van der Waals surface area contributed by atoms with Crippen LogP contribution in [0.2, 0.25) is 0 Å². The minimum atomic E-state index is -0.00976. The third kappa shape index (κ3) is 6.45. The van der Waals surface area contributed by atoms with Gasteiger partial charge in [-0.15, -0.1) is 11.8 Å². The number of hydrogen-bond acceptors (Lipinski definition) is 6. The number of rotatable bonds is 8. The van der Waals surface area contributed by atoms with Crippen molar-refractivity contribution in [1.82, 2.24) is 4.90 Å². The Hall–Kier alpha value is -1.31. The zero-order valence-corrected chi connectivity index (χ0v) is 17.5. The molecule has 2 rings (SSSR count). The highest BCUT2D eigenvalue weighted by Gasteiger charge is 2.27. The Kier molecular flexibility index (Phi) is 8.18. The van der Waals surface area contributed by atoms with E-state index in [0.29, 0.717) is 17.2 Å². The van der Waals surface area contributed by atoms with Crippen LogP contribution in [-0.4, -0.2) is 44.2 Å². The number of carbonyl (C=O) groups is 2. The fourth-order valence-corrected chi connectivity index (χ4v) is 4.86. The summed E-state index contributed by atoms with van der Waals surface area (Å²) in [5.74, 6) is 1.82. The highest BCUT2D eigenvalue weighted by atomic mass is 32.2. The lowest BCUT2D eigenvalue weighted by molar-refractivity contribution is -0.116. The summed E-state index contributed by atoms with van der Waals surface area (Å²) >= 11 is 12.5. The van der Waals surface area contributed by atoms with Gasteiger partial charge in [0.15, 0.2) is 5.05 Å². The molecule has 4 nitrogen and oxygen atoms in total. The fraction of sp³-hybridized carbons (Fsp3) is 0.474. The first-order valence-corrected chi connectivity index (χ1v) is 10.4. The Balaban J connectivity index is 1.98. The number of carbonyl (C=O) groups excluding carboxylic acids is 2. The maximum atomic E-state index is 11.3. The molecule has 0 bridgehead atoms. The zero-order chi connectivity index (χ0) is 19.1. The molecule has 7 heteroatoms. The number of para-hydroxylation sites is 1. The van der Waals surface area contributed by atoms with E-state index >= 15 is 0 Å². The normalized spacial score (nSPS) is 16.4. The van der Waals surface area contributed by atoms with E-state index in [1.807, 2.05) is 36.0 Å². The summed E-state index contributed by atoms with van der Waals surface area (Å²) in [6, 6.07) is 7.76. The van der Waals surface area contributed by atoms with Crippen LogP contribution in [0, 0.1) is 0 Å². The quantitative estimate of drug-likeness (QED) is 0.602. The molecule has 0 aromatic heterocycles. The molecule has 0 aliphatic carbocycles. The lowest BCUT2D eigenvalue weighted by Crippen LogP contribution is -2.34. The van der Waals surface area contributed by atoms with E-state index in [4.69, 9.17) is 29.2 Å². The molecule has 1 unspecified atom stereocenters. The van der Waals surface area contributed by atoms with Crippen LogP contribution in [0.25, 0.3) is 0 Å². The molecular formula is C19H23NO3S3. The van der Waals surface area contributed by atoms with Gasteiger partial charge in [0.05, 0.1) is 23.2 Å². The fourth-order valence-electron chi connectivity index (χ4n) is 2.81. The number of nitrogens with zero attached hydrogens (tertiary/aromatic N) is 1. The van der Waals surface area contributed by atoms with Gasteiger partial charge in [0.1, 0.15) is 17.3 Å². The molecule has 1 atom stereocenters. The molecule has 0 radical (unpaired) electrons. The van der Waals surface area contributed by atoms with Crippen LogP contribution in [0.15, 0.2) is 24.3 Å². The van der Waals surface area contributed by atoms with Gasteiger partial charge in [0, 0.05) is 12.3 Å². The molecule has 1 aliphatic heterocycles. The van der Waals surface area contributed by atoms with Crippen molar-refractivity contribution in [2.24, 2.45) is 0 Å². The summed E-state index contributed by atoms with van der Waals surface area (Å²) in [5.41, 5.74) is 1.06.